The Morgan fingerprint density at radius 1 is 1.23 bits per heavy atom. The Kier molecular flexibility index (Phi) is 8.41. The van der Waals surface area contributed by atoms with Gasteiger partial charge in [-0.05, 0) is 36.8 Å². The number of hydrogen-bond donors (Lipinski definition) is 2. The fourth-order valence-corrected chi connectivity index (χ4v) is 3.20. The van der Waals surface area contributed by atoms with Gasteiger partial charge in [0.05, 0.1) is 6.61 Å². The molecular formula is C20H32N4O2. The van der Waals surface area contributed by atoms with Crippen molar-refractivity contribution in [3.05, 3.63) is 35.4 Å². The average Bonchev–Trinajstić information content (AvgIpc) is 2.68. The molecule has 0 spiro atoms. The molecule has 2 rings (SSSR count). The van der Waals surface area contributed by atoms with Crippen LogP contribution in [0.2, 0.25) is 0 Å². The van der Waals surface area contributed by atoms with Crippen molar-refractivity contribution < 1.29 is 9.53 Å². The largest absolute Gasteiger partial charge is 0.377 e. The molecule has 6 heteroatoms. The maximum Gasteiger partial charge on any atom is 0.220 e. The summed E-state index contributed by atoms with van der Waals surface area (Å²) in [6, 6.07) is 8.48. The molecule has 0 bridgehead atoms. The van der Waals surface area contributed by atoms with Gasteiger partial charge >= 0.3 is 0 Å². The van der Waals surface area contributed by atoms with Crippen molar-refractivity contribution in [2.24, 2.45) is 10.9 Å². The second-order valence-corrected chi connectivity index (χ2v) is 6.66. The Balaban J connectivity index is 1.78. The number of nitrogens with one attached hydrogen (secondary N) is 2. The van der Waals surface area contributed by atoms with E-state index in [4.69, 9.17) is 4.74 Å². The van der Waals surface area contributed by atoms with Crippen molar-refractivity contribution in [3.63, 3.8) is 0 Å². The molecule has 1 fully saturated rings. The summed E-state index contributed by atoms with van der Waals surface area (Å²) < 4.78 is 5.43. The standard InChI is InChI=1S/C20H32N4O2/c1-4-26-15-18-7-5-17(6-8-18)14-23-20(22-3)24-11-9-16(10-12-24)13-19(25)21-2/h5-8,16H,4,9-15H2,1-3H3,(H,21,25)(H,22,23). The lowest BCUT2D eigenvalue weighted by Crippen LogP contribution is -2.45. The SMILES string of the molecule is CCOCc1ccc(CNC(=NC)N2CCC(CC(=O)NC)CC2)cc1. The van der Waals surface area contributed by atoms with Gasteiger partial charge in [-0.2, -0.15) is 0 Å². The molecule has 1 aliphatic rings. The summed E-state index contributed by atoms with van der Waals surface area (Å²) in [6.45, 7) is 6.03. The van der Waals surface area contributed by atoms with Gasteiger partial charge in [0, 0.05) is 46.8 Å². The second kappa shape index (κ2) is 10.8. The first kappa shape index (κ1) is 20.2. The number of rotatable bonds is 7. The van der Waals surface area contributed by atoms with E-state index in [0.29, 0.717) is 18.9 Å². The second-order valence-electron chi connectivity index (χ2n) is 6.66. The molecule has 1 saturated heterocycles. The third-order valence-corrected chi connectivity index (χ3v) is 4.83. The number of benzene rings is 1. The molecule has 0 aromatic heterocycles. The van der Waals surface area contributed by atoms with E-state index < -0.39 is 0 Å². The maximum atomic E-state index is 11.5. The highest BCUT2D eigenvalue weighted by atomic mass is 16.5. The van der Waals surface area contributed by atoms with Crippen LogP contribution < -0.4 is 10.6 Å². The van der Waals surface area contributed by atoms with Crippen LogP contribution in [0.4, 0.5) is 0 Å². The van der Waals surface area contributed by atoms with Gasteiger partial charge < -0.3 is 20.3 Å². The number of aliphatic imine (C=N–C) groups is 1. The predicted molar refractivity (Wildman–Crippen MR) is 105 cm³/mol. The summed E-state index contributed by atoms with van der Waals surface area (Å²) in [7, 11) is 3.52. The number of hydrogen-bond acceptors (Lipinski definition) is 3. The van der Waals surface area contributed by atoms with E-state index in [9.17, 15) is 4.79 Å². The third kappa shape index (κ3) is 6.33. The molecule has 0 saturated carbocycles. The molecule has 1 heterocycles. The quantitative estimate of drug-likeness (QED) is 0.578. The number of likely N-dealkylation sites (tertiary alicyclic amines) is 1. The van der Waals surface area contributed by atoms with Crippen LogP contribution in [0.3, 0.4) is 0 Å². The molecule has 1 aromatic rings. The van der Waals surface area contributed by atoms with E-state index in [0.717, 1.165) is 45.0 Å². The van der Waals surface area contributed by atoms with E-state index in [-0.39, 0.29) is 5.91 Å². The molecule has 1 aromatic carbocycles. The van der Waals surface area contributed by atoms with Gasteiger partial charge in [0.1, 0.15) is 0 Å². The molecule has 144 valence electrons. The Morgan fingerprint density at radius 3 is 2.46 bits per heavy atom. The van der Waals surface area contributed by atoms with Crippen molar-refractivity contribution in [1.29, 1.82) is 0 Å². The first-order valence-corrected chi connectivity index (χ1v) is 9.48. The van der Waals surface area contributed by atoms with Gasteiger partial charge in [-0.25, -0.2) is 0 Å². The van der Waals surface area contributed by atoms with Crippen molar-refractivity contribution >= 4 is 11.9 Å². The van der Waals surface area contributed by atoms with E-state index in [1.165, 1.54) is 11.1 Å². The molecule has 0 unspecified atom stereocenters. The molecule has 0 atom stereocenters. The highest BCUT2D eigenvalue weighted by molar-refractivity contribution is 5.80. The topological polar surface area (TPSA) is 66.0 Å². The predicted octanol–water partition coefficient (Wildman–Crippen LogP) is 2.15. The molecule has 6 nitrogen and oxygen atoms in total. The van der Waals surface area contributed by atoms with Gasteiger partial charge in [0.25, 0.3) is 0 Å². The summed E-state index contributed by atoms with van der Waals surface area (Å²) in [5.41, 5.74) is 2.42. The smallest absolute Gasteiger partial charge is 0.220 e. The number of piperidine rings is 1. The molecule has 0 radical (unpaired) electrons. The Labute approximate surface area is 157 Å². The maximum absolute atomic E-state index is 11.5. The minimum Gasteiger partial charge on any atom is -0.377 e. The number of ether oxygens (including phenoxy) is 1. The summed E-state index contributed by atoms with van der Waals surface area (Å²) in [5.74, 6) is 1.54. The number of guanidine groups is 1. The van der Waals surface area contributed by atoms with Crippen LogP contribution in [0.25, 0.3) is 0 Å². The summed E-state index contributed by atoms with van der Waals surface area (Å²) in [6.07, 6.45) is 2.69. The van der Waals surface area contributed by atoms with Crippen molar-refractivity contribution in [1.82, 2.24) is 15.5 Å². The van der Waals surface area contributed by atoms with Gasteiger partial charge in [0.15, 0.2) is 5.96 Å². The van der Waals surface area contributed by atoms with Crippen LogP contribution in [0, 0.1) is 5.92 Å². The highest BCUT2D eigenvalue weighted by Gasteiger charge is 2.22. The van der Waals surface area contributed by atoms with Crippen LogP contribution in [0.15, 0.2) is 29.3 Å². The van der Waals surface area contributed by atoms with Gasteiger partial charge in [-0.1, -0.05) is 24.3 Å². The fraction of sp³-hybridized carbons (Fsp3) is 0.600. The van der Waals surface area contributed by atoms with Crippen LogP contribution in [-0.2, 0) is 22.7 Å². The average molecular weight is 361 g/mol. The third-order valence-electron chi connectivity index (χ3n) is 4.83. The zero-order valence-electron chi connectivity index (χ0n) is 16.3. The number of carbonyl (C=O) groups is 1. The monoisotopic (exact) mass is 360 g/mol. The van der Waals surface area contributed by atoms with Crippen LogP contribution in [0.5, 0.6) is 0 Å². The minimum absolute atomic E-state index is 0.138. The first-order chi connectivity index (χ1) is 12.7. The van der Waals surface area contributed by atoms with Crippen molar-refractivity contribution in [2.45, 2.75) is 39.3 Å². The zero-order valence-corrected chi connectivity index (χ0v) is 16.3. The lowest BCUT2D eigenvalue weighted by Gasteiger charge is -2.34. The van der Waals surface area contributed by atoms with E-state index in [1.807, 2.05) is 14.0 Å². The summed E-state index contributed by atoms with van der Waals surface area (Å²) in [4.78, 5) is 18.2. The normalized spacial score (nSPS) is 15.8. The van der Waals surface area contributed by atoms with E-state index in [2.05, 4.69) is 44.8 Å². The van der Waals surface area contributed by atoms with Crippen LogP contribution in [-0.4, -0.2) is 50.6 Å². The first-order valence-electron chi connectivity index (χ1n) is 9.48. The van der Waals surface area contributed by atoms with Crippen LogP contribution >= 0.6 is 0 Å². The van der Waals surface area contributed by atoms with Crippen LogP contribution in [0.1, 0.15) is 37.3 Å². The minimum atomic E-state index is 0.138. The van der Waals surface area contributed by atoms with E-state index in [1.54, 1.807) is 7.05 Å². The molecule has 26 heavy (non-hydrogen) atoms. The summed E-state index contributed by atoms with van der Waals surface area (Å²) in [5, 5.41) is 6.16. The number of carbonyl (C=O) groups excluding carboxylic acids is 1. The molecule has 2 N–H and O–H groups in total. The Morgan fingerprint density at radius 2 is 1.88 bits per heavy atom. The fourth-order valence-electron chi connectivity index (χ4n) is 3.20. The van der Waals surface area contributed by atoms with Gasteiger partial charge in [0.2, 0.25) is 5.91 Å². The number of nitrogens with zero attached hydrogens (tertiary/aromatic N) is 2. The van der Waals surface area contributed by atoms with E-state index >= 15 is 0 Å². The van der Waals surface area contributed by atoms with Gasteiger partial charge in [-0.15, -0.1) is 0 Å². The lowest BCUT2D eigenvalue weighted by atomic mass is 9.93. The molecular weight excluding hydrogens is 328 g/mol. The molecule has 0 aliphatic carbocycles. The Hall–Kier alpha value is -2.08. The number of amides is 1. The zero-order chi connectivity index (χ0) is 18.8. The Bertz CT molecular complexity index is 578. The molecule has 1 aliphatic heterocycles. The van der Waals surface area contributed by atoms with Gasteiger partial charge in [-0.3, -0.25) is 9.79 Å². The highest BCUT2D eigenvalue weighted by Crippen LogP contribution is 2.20. The molecule has 1 amide bonds. The lowest BCUT2D eigenvalue weighted by molar-refractivity contribution is -0.121. The van der Waals surface area contributed by atoms with Crippen molar-refractivity contribution in [3.8, 4) is 0 Å². The van der Waals surface area contributed by atoms with Crippen molar-refractivity contribution in [2.75, 3.05) is 33.8 Å². The summed E-state index contributed by atoms with van der Waals surface area (Å²) >= 11 is 0.